The molecule has 1 aromatic rings. The largest absolute Gasteiger partial charge is 0.469 e. The van der Waals surface area contributed by atoms with Crippen LogP contribution in [0.4, 0.5) is 0 Å². The highest BCUT2D eigenvalue weighted by Gasteiger charge is 2.39. The molecule has 0 saturated carbocycles. The first-order valence-corrected chi connectivity index (χ1v) is 8.00. The van der Waals surface area contributed by atoms with E-state index in [1.165, 1.54) is 24.7 Å². The Morgan fingerprint density at radius 3 is 2.86 bits per heavy atom. The molecule has 1 aliphatic rings. The minimum absolute atomic E-state index is 0.00213. The van der Waals surface area contributed by atoms with Crippen molar-refractivity contribution in [1.29, 1.82) is 5.26 Å². The van der Waals surface area contributed by atoms with Gasteiger partial charge >= 0.3 is 5.97 Å². The van der Waals surface area contributed by atoms with E-state index in [2.05, 4.69) is 31.2 Å². The summed E-state index contributed by atoms with van der Waals surface area (Å²) in [6.45, 7) is 6.08. The lowest BCUT2D eigenvalue weighted by atomic mass is 9.72. The number of esters is 1. The SMILES string of the molecule is COC(=O)C(C)(C)C(CCC#N)c1ccc2c(c1)C(C)CC2. The standard InChI is InChI=1S/C19H25NO2/c1-13-7-8-14-9-10-15(12-16(13)14)17(6-5-11-20)19(2,3)18(21)22-4/h9-10,12-13,17H,5-8H2,1-4H3. The van der Waals surface area contributed by atoms with Gasteiger partial charge in [0.15, 0.2) is 0 Å². The van der Waals surface area contributed by atoms with Crippen LogP contribution in [0.2, 0.25) is 0 Å². The van der Waals surface area contributed by atoms with Crippen molar-refractivity contribution in [2.75, 3.05) is 7.11 Å². The van der Waals surface area contributed by atoms with Crippen molar-refractivity contribution in [1.82, 2.24) is 0 Å². The Kier molecular flexibility index (Phi) is 4.90. The molecule has 0 aliphatic heterocycles. The highest BCUT2D eigenvalue weighted by molar-refractivity contribution is 5.77. The average Bonchev–Trinajstić information content (AvgIpc) is 2.87. The summed E-state index contributed by atoms with van der Waals surface area (Å²) in [7, 11) is 1.43. The molecule has 0 N–H and O–H groups in total. The van der Waals surface area contributed by atoms with Crippen molar-refractivity contribution in [3.05, 3.63) is 34.9 Å². The molecule has 1 aliphatic carbocycles. The van der Waals surface area contributed by atoms with E-state index in [0.717, 1.165) is 12.0 Å². The number of nitriles is 1. The molecule has 0 heterocycles. The Hall–Kier alpha value is -1.82. The number of carbonyl (C=O) groups is 1. The Balaban J connectivity index is 2.40. The predicted octanol–water partition coefficient (Wildman–Crippen LogP) is 4.32. The summed E-state index contributed by atoms with van der Waals surface area (Å²) in [5.74, 6) is 0.356. The maximum absolute atomic E-state index is 12.2. The van der Waals surface area contributed by atoms with Crippen LogP contribution >= 0.6 is 0 Å². The smallest absolute Gasteiger partial charge is 0.311 e. The Labute approximate surface area is 133 Å². The van der Waals surface area contributed by atoms with Crippen molar-refractivity contribution in [3.63, 3.8) is 0 Å². The van der Waals surface area contributed by atoms with Crippen molar-refractivity contribution in [3.8, 4) is 6.07 Å². The molecule has 0 radical (unpaired) electrons. The monoisotopic (exact) mass is 299 g/mol. The number of hydrogen-bond acceptors (Lipinski definition) is 3. The summed E-state index contributed by atoms with van der Waals surface area (Å²) in [4.78, 5) is 12.2. The van der Waals surface area contributed by atoms with Gasteiger partial charge in [-0.3, -0.25) is 4.79 Å². The number of benzene rings is 1. The van der Waals surface area contributed by atoms with Crippen LogP contribution in [0.15, 0.2) is 18.2 Å². The van der Waals surface area contributed by atoms with E-state index in [1.807, 2.05) is 13.8 Å². The molecule has 22 heavy (non-hydrogen) atoms. The molecular formula is C19H25NO2. The van der Waals surface area contributed by atoms with Gasteiger partial charge < -0.3 is 4.74 Å². The van der Waals surface area contributed by atoms with Crippen LogP contribution in [-0.4, -0.2) is 13.1 Å². The number of nitrogens with zero attached hydrogens (tertiary/aromatic N) is 1. The summed E-state index contributed by atoms with van der Waals surface area (Å²) < 4.78 is 4.99. The minimum atomic E-state index is -0.637. The van der Waals surface area contributed by atoms with Crippen LogP contribution in [-0.2, 0) is 16.0 Å². The van der Waals surface area contributed by atoms with Crippen molar-refractivity contribution >= 4 is 5.97 Å². The zero-order valence-electron chi connectivity index (χ0n) is 14.0. The predicted molar refractivity (Wildman–Crippen MR) is 86.6 cm³/mol. The first kappa shape index (κ1) is 16.5. The molecule has 2 rings (SSSR count). The van der Waals surface area contributed by atoms with Crippen LogP contribution in [0.3, 0.4) is 0 Å². The molecule has 0 amide bonds. The quantitative estimate of drug-likeness (QED) is 0.761. The molecule has 0 fully saturated rings. The van der Waals surface area contributed by atoms with Crippen LogP contribution in [0.5, 0.6) is 0 Å². The molecule has 0 bridgehead atoms. The summed E-state index contributed by atoms with van der Waals surface area (Å²) in [6, 6.07) is 8.78. The lowest BCUT2D eigenvalue weighted by Crippen LogP contribution is -2.32. The average molecular weight is 299 g/mol. The Bertz CT molecular complexity index is 598. The molecule has 2 unspecified atom stereocenters. The molecule has 1 aromatic carbocycles. The van der Waals surface area contributed by atoms with Crippen LogP contribution in [0.25, 0.3) is 0 Å². The van der Waals surface area contributed by atoms with Gasteiger partial charge in [-0.25, -0.2) is 0 Å². The number of methoxy groups -OCH3 is 1. The Morgan fingerprint density at radius 1 is 1.50 bits per heavy atom. The number of fused-ring (bicyclic) bond motifs is 1. The second-order valence-electron chi connectivity index (χ2n) is 6.86. The van der Waals surface area contributed by atoms with E-state index in [-0.39, 0.29) is 11.9 Å². The Morgan fingerprint density at radius 2 is 2.23 bits per heavy atom. The lowest BCUT2D eigenvalue weighted by Gasteiger charge is -2.32. The molecule has 2 atom stereocenters. The van der Waals surface area contributed by atoms with Crippen molar-refractivity contribution < 1.29 is 9.53 Å². The highest BCUT2D eigenvalue weighted by atomic mass is 16.5. The van der Waals surface area contributed by atoms with Gasteiger partial charge in [-0.1, -0.05) is 25.1 Å². The van der Waals surface area contributed by atoms with Gasteiger partial charge in [-0.15, -0.1) is 0 Å². The fourth-order valence-electron chi connectivity index (χ4n) is 3.60. The molecule has 3 nitrogen and oxygen atoms in total. The first-order valence-electron chi connectivity index (χ1n) is 8.00. The second kappa shape index (κ2) is 6.52. The third-order valence-electron chi connectivity index (χ3n) is 5.08. The first-order chi connectivity index (χ1) is 10.4. The molecule has 118 valence electrons. The van der Waals surface area contributed by atoms with Gasteiger partial charge in [0.05, 0.1) is 18.6 Å². The van der Waals surface area contributed by atoms with Gasteiger partial charge in [0, 0.05) is 12.3 Å². The number of carbonyl (C=O) groups excluding carboxylic acids is 1. The molecule has 0 spiro atoms. The van der Waals surface area contributed by atoms with Gasteiger partial charge in [0.2, 0.25) is 0 Å². The van der Waals surface area contributed by atoms with E-state index in [4.69, 9.17) is 10.00 Å². The molecule has 3 heteroatoms. The molecule has 0 aromatic heterocycles. The van der Waals surface area contributed by atoms with Crippen molar-refractivity contribution in [2.45, 2.75) is 58.3 Å². The lowest BCUT2D eigenvalue weighted by molar-refractivity contribution is -0.152. The van der Waals surface area contributed by atoms with Gasteiger partial charge in [-0.05, 0) is 55.7 Å². The summed E-state index contributed by atoms with van der Waals surface area (Å²) >= 11 is 0. The third-order valence-corrected chi connectivity index (χ3v) is 5.08. The van der Waals surface area contributed by atoms with Crippen LogP contribution in [0, 0.1) is 16.7 Å². The third kappa shape index (κ3) is 3.02. The number of hydrogen-bond donors (Lipinski definition) is 0. The minimum Gasteiger partial charge on any atom is -0.469 e. The van der Waals surface area contributed by atoms with Crippen LogP contribution < -0.4 is 0 Å². The van der Waals surface area contributed by atoms with Crippen molar-refractivity contribution in [2.24, 2.45) is 5.41 Å². The maximum Gasteiger partial charge on any atom is 0.311 e. The molecular weight excluding hydrogens is 274 g/mol. The fraction of sp³-hybridized carbons (Fsp3) is 0.579. The number of ether oxygens (including phenoxy) is 1. The van der Waals surface area contributed by atoms with Gasteiger partial charge in [-0.2, -0.15) is 5.26 Å². The van der Waals surface area contributed by atoms with Gasteiger partial charge in [0.25, 0.3) is 0 Å². The van der Waals surface area contributed by atoms with E-state index < -0.39 is 5.41 Å². The maximum atomic E-state index is 12.2. The highest BCUT2D eigenvalue weighted by Crippen LogP contribution is 2.42. The van der Waals surface area contributed by atoms with E-state index in [9.17, 15) is 4.79 Å². The van der Waals surface area contributed by atoms with E-state index in [1.54, 1.807) is 0 Å². The topological polar surface area (TPSA) is 50.1 Å². The molecule has 0 saturated heterocycles. The summed E-state index contributed by atoms with van der Waals surface area (Å²) in [5, 5.41) is 8.95. The van der Waals surface area contributed by atoms with E-state index >= 15 is 0 Å². The van der Waals surface area contributed by atoms with E-state index in [0.29, 0.717) is 18.8 Å². The zero-order chi connectivity index (χ0) is 16.3. The summed E-state index contributed by atoms with van der Waals surface area (Å²) in [5.41, 5.74) is 3.34. The number of aryl methyl sites for hydroxylation is 1. The summed E-state index contributed by atoms with van der Waals surface area (Å²) in [6.07, 6.45) is 3.45. The second-order valence-corrected chi connectivity index (χ2v) is 6.86. The zero-order valence-corrected chi connectivity index (χ0v) is 14.0. The normalized spacial score (nSPS) is 18.4. The fourth-order valence-corrected chi connectivity index (χ4v) is 3.60. The van der Waals surface area contributed by atoms with Gasteiger partial charge in [0.1, 0.15) is 0 Å². The number of rotatable bonds is 5. The van der Waals surface area contributed by atoms with Crippen LogP contribution in [0.1, 0.15) is 68.6 Å².